The van der Waals surface area contributed by atoms with Gasteiger partial charge in [-0.15, -0.1) is 0 Å². The van der Waals surface area contributed by atoms with Gasteiger partial charge in [-0.3, -0.25) is 0 Å². The first-order valence-corrected chi connectivity index (χ1v) is 7.85. The van der Waals surface area contributed by atoms with Crippen LogP contribution < -0.4 is 5.73 Å². The topological polar surface area (TPSA) is 109 Å². The lowest BCUT2D eigenvalue weighted by molar-refractivity contribution is 0.0600. The normalized spacial score (nSPS) is 11.0. The Morgan fingerprint density at radius 3 is 2.73 bits per heavy atom. The Kier molecular flexibility index (Phi) is 3.85. The highest BCUT2D eigenvalue weighted by Gasteiger charge is 2.16. The second-order valence-corrected chi connectivity index (χ2v) is 5.64. The number of nitrogen functional groups attached to an aromatic ring is 1. The highest BCUT2D eigenvalue weighted by Crippen LogP contribution is 2.26. The predicted octanol–water partition coefficient (Wildman–Crippen LogP) is 2.50. The number of ether oxygens (including phenoxy) is 1. The minimum absolute atomic E-state index is 0.145. The quantitative estimate of drug-likeness (QED) is 0.564. The van der Waals surface area contributed by atoms with E-state index < -0.39 is 0 Å². The molecule has 0 radical (unpaired) electrons. The summed E-state index contributed by atoms with van der Waals surface area (Å²) in [6, 6.07) is 10.7. The third-order valence-corrected chi connectivity index (χ3v) is 3.96. The summed E-state index contributed by atoms with van der Waals surface area (Å²) in [5.41, 5.74) is 9.12. The Labute approximate surface area is 148 Å². The maximum absolute atomic E-state index is 11.5. The van der Waals surface area contributed by atoms with E-state index in [1.165, 1.54) is 7.11 Å². The monoisotopic (exact) mass is 349 g/mol. The zero-order chi connectivity index (χ0) is 18.1. The van der Waals surface area contributed by atoms with Crippen LogP contribution in [0.15, 0.2) is 53.4 Å². The number of furan rings is 1. The molecule has 0 spiro atoms. The van der Waals surface area contributed by atoms with Crippen molar-refractivity contribution in [3.05, 3.63) is 60.1 Å². The van der Waals surface area contributed by atoms with Gasteiger partial charge < -0.3 is 19.5 Å². The number of carbonyl (C=O) groups excluding carboxylic acids is 1. The van der Waals surface area contributed by atoms with Gasteiger partial charge in [-0.05, 0) is 29.8 Å². The number of carbonyl (C=O) groups is 1. The molecule has 130 valence electrons. The molecule has 0 aliphatic carbocycles. The number of aromatic nitrogens is 4. The number of nitrogens with two attached hydrogens (primary N) is 1. The standard InChI is InChI=1S/C18H15N5O3/c1-25-17(24)12-6-4-11(5-7-12)9-23-10-20-15-14(13-3-2-8-26-13)21-18(19)22-16(15)23/h2-8,10H,9H2,1H3,(H2,19,21,22). The summed E-state index contributed by atoms with van der Waals surface area (Å²) < 4.78 is 12.0. The SMILES string of the molecule is COC(=O)c1ccc(Cn2cnc3c(-c4ccco4)nc(N)nc32)cc1. The smallest absolute Gasteiger partial charge is 0.337 e. The molecule has 4 rings (SSSR count). The van der Waals surface area contributed by atoms with Crippen molar-refractivity contribution in [2.24, 2.45) is 0 Å². The van der Waals surface area contributed by atoms with Crippen LogP contribution in [0.5, 0.6) is 0 Å². The van der Waals surface area contributed by atoms with Crippen LogP contribution in [0.4, 0.5) is 5.95 Å². The second-order valence-electron chi connectivity index (χ2n) is 5.64. The number of hydrogen-bond acceptors (Lipinski definition) is 7. The molecule has 1 aromatic carbocycles. The van der Waals surface area contributed by atoms with Crippen molar-refractivity contribution in [3.63, 3.8) is 0 Å². The molecule has 0 saturated carbocycles. The molecular weight excluding hydrogens is 334 g/mol. The van der Waals surface area contributed by atoms with Gasteiger partial charge in [-0.2, -0.15) is 4.98 Å². The van der Waals surface area contributed by atoms with E-state index in [2.05, 4.69) is 15.0 Å². The summed E-state index contributed by atoms with van der Waals surface area (Å²) >= 11 is 0. The Balaban J connectivity index is 1.71. The maximum Gasteiger partial charge on any atom is 0.337 e. The van der Waals surface area contributed by atoms with Gasteiger partial charge in [0.2, 0.25) is 5.95 Å². The Bertz CT molecular complexity index is 1070. The number of esters is 1. The second kappa shape index (κ2) is 6.32. The average molecular weight is 349 g/mol. The van der Waals surface area contributed by atoms with Gasteiger partial charge in [-0.1, -0.05) is 12.1 Å². The molecule has 8 heteroatoms. The van der Waals surface area contributed by atoms with E-state index in [-0.39, 0.29) is 11.9 Å². The lowest BCUT2D eigenvalue weighted by atomic mass is 10.1. The Morgan fingerprint density at radius 1 is 1.23 bits per heavy atom. The molecule has 0 saturated heterocycles. The molecule has 4 aromatic rings. The minimum atomic E-state index is -0.367. The van der Waals surface area contributed by atoms with Crippen LogP contribution >= 0.6 is 0 Å². The van der Waals surface area contributed by atoms with Crippen LogP contribution in [0.3, 0.4) is 0 Å². The largest absolute Gasteiger partial charge is 0.465 e. The van der Waals surface area contributed by atoms with Crippen molar-refractivity contribution in [2.75, 3.05) is 12.8 Å². The van der Waals surface area contributed by atoms with Gasteiger partial charge in [0, 0.05) is 0 Å². The van der Waals surface area contributed by atoms with Crippen molar-refractivity contribution in [1.29, 1.82) is 0 Å². The minimum Gasteiger partial charge on any atom is -0.465 e. The van der Waals surface area contributed by atoms with Crippen LogP contribution in [-0.4, -0.2) is 32.6 Å². The number of benzene rings is 1. The molecular formula is C18H15N5O3. The summed E-state index contributed by atoms with van der Waals surface area (Å²) in [4.78, 5) is 24.5. The molecule has 3 heterocycles. The van der Waals surface area contributed by atoms with E-state index in [1.807, 2.05) is 16.7 Å². The van der Waals surface area contributed by atoms with E-state index in [9.17, 15) is 4.79 Å². The first-order chi connectivity index (χ1) is 12.7. The fourth-order valence-corrected chi connectivity index (χ4v) is 2.72. The number of fused-ring (bicyclic) bond motifs is 1. The van der Waals surface area contributed by atoms with Crippen molar-refractivity contribution in [1.82, 2.24) is 19.5 Å². The summed E-state index contributed by atoms with van der Waals surface area (Å²) in [5.74, 6) is 0.358. The summed E-state index contributed by atoms with van der Waals surface area (Å²) in [7, 11) is 1.36. The lowest BCUT2D eigenvalue weighted by Gasteiger charge is -2.06. The number of rotatable bonds is 4. The lowest BCUT2D eigenvalue weighted by Crippen LogP contribution is -2.04. The summed E-state index contributed by atoms with van der Waals surface area (Å²) in [5, 5.41) is 0. The first-order valence-electron chi connectivity index (χ1n) is 7.85. The van der Waals surface area contributed by atoms with Gasteiger partial charge in [0.1, 0.15) is 11.2 Å². The number of methoxy groups -OCH3 is 1. The van der Waals surface area contributed by atoms with Crippen LogP contribution in [-0.2, 0) is 11.3 Å². The molecule has 0 unspecified atom stereocenters. The van der Waals surface area contributed by atoms with Gasteiger partial charge in [0.05, 0.1) is 31.8 Å². The third-order valence-electron chi connectivity index (χ3n) is 3.96. The molecule has 0 aliphatic rings. The van der Waals surface area contributed by atoms with Crippen molar-refractivity contribution in [3.8, 4) is 11.5 Å². The van der Waals surface area contributed by atoms with Crippen molar-refractivity contribution in [2.45, 2.75) is 6.54 Å². The van der Waals surface area contributed by atoms with Crippen molar-refractivity contribution < 1.29 is 13.9 Å². The molecule has 0 bridgehead atoms. The fourth-order valence-electron chi connectivity index (χ4n) is 2.72. The zero-order valence-electron chi connectivity index (χ0n) is 13.9. The van der Waals surface area contributed by atoms with Crippen LogP contribution in [0.1, 0.15) is 15.9 Å². The predicted molar refractivity (Wildman–Crippen MR) is 94.3 cm³/mol. The Morgan fingerprint density at radius 2 is 2.04 bits per heavy atom. The van der Waals surface area contributed by atoms with Gasteiger partial charge in [0.25, 0.3) is 0 Å². The fraction of sp³-hybridized carbons (Fsp3) is 0.111. The number of hydrogen-bond donors (Lipinski definition) is 1. The molecule has 2 N–H and O–H groups in total. The van der Waals surface area contributed by atoms with Crippen LogP contribution in [0, 0.1) is 0 Å². The first kappa shape index (κ1) is 15.8. The van der Waals surface area contributed by atoms with E-state index >= 15 is 0 Å². The van der Waals surface area contributed by atoms with Gasteiger partial charge in [0.15, 0.2) is 11.4 Å². The van der Waals surface area contributed by atoms with Gasteiger partial charge >= 0.3 is 5.97 Å². The molecule has 0 atom stereocenters. The van der Waals surface area contributed by atoms with Crippen LogP contribution in [0.25, 0.3) is 22.6 Å². The van der Waals surface area contributed by atoms with E-state index in [1.54, 1.807) is 36.9 Å². The van der Waals surface area contributed by atoms with E-state index in [0.29, 0.717) is 34.7 Å². The maximum atomic E-state index is 11.5. The van der Waals surface area contributed by atoms with E-state index in [4.69, 9.17) is 14.9 Å². The molecule has 26 heavy (non-hydrogen) atoms. The summed E-state index contributed by atoms with van der Waals surface area (Å²) in [6.07, 6.45) is 3.25. The number of nitrogens with zero attached hydrogens (tertiary/aromatic N) is 4. The van der Waals surface area contributed by atoms with Gasteiger partial charge in [-0.25, -0.2) is 14.8 Å². The highest BCUT2D eigenvalue weighted by atomic mass is 16.5. The molecule has 3 aromatic heterocycles. The molecule has 0 fully saturated rings. The Hall–Kier alpha value is -3.68. The number of anilines is 1. The number of imidazole rings is 1. The highest BCUT2D eigenvalue weighted by molar-refractivity contribution is 5.89. The molecule has 0 amide bonds. The third kappa shape index (κ3) is 2.77. The molecule has 8 nitrogen and oxygen atoms in total. The van der Waals surface area contributed by atoms with Crippen molar-refractivity contribution >= 4 is 23.1 Å². The van der Waals surface area contributed by atoms with Crippen LogP contribution in [0.2, 0.25) is 0 Å². The molecule has 0 aliphatic heterocycles. The average Bonchev–Trinajstić information content (AvgIpc) is 3.32. The summed E-state index contributed by atoms with van der Waals surface area (Å²) in [6.45, 7) is 0.520. The van der Waals surface area contributed by atoms with E-state index in [0.717, 1.165) is 5.56 Å². The zero-order valence-corrected chi connectivity index (χ0v) is 13.9.